The van der Waals surface area contributed by atoms with Crippen LogP contribution in [0.1, 0.15) is 30.9 Å². The second-order valence-electron chi connectivity index (χ2n) is 6.84. The van der Waals surface area contributed by atoms with Crippen LogP contribution in [0.2, 0.25) is 0 Å². The first-order valence-electron chi connectivity index (χ1n) is 7.96. The Bertz CT molecular complexity index is 671. The predicted molar refractivity (Wildman–Crippen MR) is 87.6 cm³/mol. The second-order valence-corrected chi connectivity index (χ2v) is 8.98. The molecule has 0 radical (unpaired) electrons. The highest BCUT2D eigenvalue weighted by molar-refractivity contribution is 7.90. The van der Waals surface area contributed by atoms with E-state index in [1.54, 1.807) is 12.4 Å². The number of aromatic nitrogens is 1. The molecule has 1 aromatic heterocycles. The van der Waals surface area contributed by atoms with E-state index in [-0.39, 0.29) is 23.1 Å². The van der Waals surface area contributed by atoms with Crippen LogP contribution in [-0.2, 0) is 14.6 Å². The lowest BCUT2D eigenvalue weighted by atomic mass is 10.0. The summed E-state index contributed by atoms with van der Waals surface area (Å²) in [5.74, 6) is 0.177. The Morgan fingerprint density at radius 2 is 2.26 bits per heavy atom. The molecule has 3 rings (SSSR count). The summed E-state index contributed by atoms with van der Waals surface area (Å²) in [5.41, 5.74) is 0.690. The number of pyridine rings is 1. The highest BCUT2D eigenvalue weighted by atomic mass is 32.2. The SMILES string of the molecule is CS(=O)(=O)CC1(CC(=O)N2CCNCC2c2cccnc2)CC1. The van der Waals surface area contributed by atoms with Gasteiger partial charge in [0, 0.05) is 44.7 Å². The summed E-state index contributed by atoms with van der Waals surface area (Å²) in [5, 5.41) is 3.32. The Balaban J connectivity index is 1.72. The summed E-state index contributed by atoms with van der Waals surface area (Å²) in [6.45, 7) is 2.12. The minimum Gasteiger partial charge on any atom is -0.333 e. The number of amides is 1. The van der Waals surface area contributed by atoms with Gasteiger partial charge in [0.1, 0.15) is 9.84 Å². The van der Waals surface area contributed by atoms with Crippen LogP contribution in [0.3, 0.4) is 0 Å². The van der Waals surface area contributed by atoms with Crippen LogP contribution in [0.4, 0.5) is 0 Å². The fourth-order valence-electron chi connectivity index (χ4n) is 3.40. The zero-order valence-electron chi connectivity index (χ0n) is 13.4. The zero-order chi connectivity index (χ0) is 16.5. The highest BCUT2D eigenvalue weighted by Crippen LogP contribution is 2.50. The number of carbonyl (C=O) groups excluding carboxylic acids is 1. The third-order valence-corrected chi connectivity index (χ3v) is 5.82. The zero-order valence-corrected chi connectivity index (χ0v) is 14.2. The largest absolute Gasteiger partial charge is 0.333 e. The van der Waals surface area contributed by atoms with Gasteiger partial charge in [0.25, 0.3) is 0 Å². The lowest BCUT2D eigenvalue weighted by Gasteiger charge is -2.37. The minimum atomic E-state index is -3.05. The first kappa shape index (κ1) is 16.4. The quantitative estimate of drug-likeness (QED) is 0.858. The Labute approximate surface area is 137 Å². The first-order chi connectivity index (χ1) is 10.9. The third kappa shape index (κ3) is 4.09. The molecule has 126 valence electrons. The van der Waals surface area contributed by atoms with E-state index in [9.17, 15) is 13.2 Å². The normalized spacial score (nSPS) is 23.5. The van der Waals surface area contributed by atoms with Crippen LogP contribution in [0.25, 0.3) is 0 Å². The summed E-state index contributed by atoms with van der Waals surface area (Å²) in [6, 6.07) is 3.83. The maximum atomic E-state index is 12.8. The number of nitrogens with one attached hydrogen (secondary N) is 1. The number of nitrogens with zero attached hydrogens (tertiary/aromatic N) is 2. The van der Waals surface area contributed by atoms with Crippen molar-refractivity contribution >= 4 is 15.7 Å². The molecule has 2 aliphatic rings. The summed E-state index contributed by atoms with van der Waals surface area (Å²) < 4.78 is 23.2. The number of hydrogen-bond donors (Lipinski definition) is 1. The van der Waals surface area contributed by atoms with Gasteiger partial charge in [-0.1, -0.05) is 6.07 Å². The van der Waals surface area contributed by atoms with E-state index in [0.29, 0.717) is 19.5 Å². The standard InChI is InChI=1S/C16H23N3O3S/c1-23(21,22)12-16(4-5-16)9-15(20)19-8-7-18-11-14(19)13-3-2-6-17-10-13/h2-3,6,10,14,18H,4-5,7-9,11-12H2,1H3. The number of rotatable bonds is 5. The van der Waals surface area contributed by atoms with Crippen LogP contribution < -0.4 is 5.32 Å². The van der Waals surface area contributed by atoms with Crippen molar-refractivity contribution in [2.24, 2.45) is 5.41 Å². The van der Waals surface area contributed by atoms with Crippen molar-refractivity contribution in [2.45, 2.75) is 25.3 Å². The van der Waals surface area contributed by atoms with Crippen LogP contribution >= 0.6 is 0 Å². The van der Waals surface area contributed by atoms with Gasteiger partial charge in [-0.05, 0) is 29.9 Å². The van der Waals surface area contributed by atoms with E-state index in [1.165, 1.54) is 6.26 Å². The van der Waals surface area contributed by atoms with Gasteiger partial charge in [-0.3, -0.25) is 9.78 Å². The van der Waals surface area contributed by atoms with E-state index in [1.807, 2.05) is 17.0 Å². The Hall–Kier alpha value is -1.47. The molecule has 1 amide bonds. The molecule has 0 spiro atoms. The van der Waals surface area contributed by atoms with Gasteiger partial charge in [0.15, 0.2) is 0 Å². The molecule has 1 saturated carbocycles. The molecular weight excluding hydrogens is 314 g/mol. The molecule has 0 bridgehead atoms. The van der Waals surface area contributed by atoms with Crippen molar-refractivity contribution in [3.05, 3.63) is 30.1 Å². The first-order valence-corrected chi connectivity index (χ1v) is 10.0. The van der Waals surface area contributed by atoms with Gasteiger partial charge < -0.3 is 10.2 Å². The average molecular weight is 337 g/mol. The predicted octanol–water partition coefficient (Wildman–Crippen LogP) is 0.769. The van der Waals surface area contributed by atoms with E-state index < -0.39 is 9.84 Å². The summed E-state index contributed by atoms with van der Waals surface area (Å²) in [7, 11) is -3.05. The van der Waals surface area contributed by atoms with Gasteiger partial charge in [0.05, 0.1) is 11.8 Å². The molecule has 0 aromatic carbocycles. The molecule has 1 aliphatic heterocycles. The van der Waals surface area contributed by atoms with Crippen molar-refractivity contribution in [2.75, 3.05) is 31.6 Å². The van der Waals surface area contributed by atoms with Gasteiger partial charge in [0.2, 0.25) is 5.91 Å². The molecule has 23 heavy (non-hydrogen) atoms. The van der Waals surface area contributed by atoms with Crippen molar-refractivity contribution in [3.8, 4) is 0 Å². The van der Waals surface area contributed by atoms with E-state index in [0.717, 1.165) is 24.9 Å². The monoisotopic (exact) mass is 337 g/mol. The number of carbonyl (C=O) groups is 1. The van der Waals surface area contributed by atoms with E-state index >= 15 is 0 Å². The fraction of sp³-hybridized carbons (Fsp3) is 0.625. The molecule has 1 atom stereocenters. The minimum absolute atomic E-state index is 0.0287. The molecule has 2 heterocycles. The van der Waals surface area contributed by atoms with Crippen molar-refractivity contribution < 1.29 is 13.2 Å². The van der Waals surface area contributed by atoms with Crippen LogP contribution in [-0.4, -0.2) is 55.9 Å². The maximum absolute atomic E-state index is 12.8. The second kappa shape index (κ2) is 6.20. The molecule has 1 aromatic rings. The number of sulfone groups is 1. The summed E-state index contributed by atoms with van der Waals surface area (Å²) in [6.07, 6.45) is 6.75. The molecular formula is C16H23N3O3S. The molecule has 1 N–H and O–H groups in total. The molecule has 1 aliphatic carbocycles. The lowest BCUT2D eigenvalue weighted by molar-refractivity contribution is -0.135. The van der Waals surface area contributed by atoms with Gasteiger partial charge in [-0.15, -0.1) is 0 Å². The number of piperazine rings is 1. The molecule has 1 saturated heterocycles. The Morgan fingerprint density at radius 3 is 2.87 bits per heavy atom. The van der Waals surface area contributed by atoms with Crippen LogP contribution in [0.15, 0.2) is 24.5 Å². The summed E-state index contributed by atoms with van der Waals surface area (Å²) in [4.78, 5) is 18.8. The molecule has 2 fully saturated rings. The van der Waals surface area contributed by atoms with E-state index in [2.05, 4.69) is 10.3 Å². The smallest absolute Gasteiger partial charge is 0.223 e. The van der Waals surface area contributed by atoms with Gasteiger partial charge >= 0.3 is 0 Å². The Kier molecular flexibility index (Phi) is 4.42. The Morgan fingerprint density at radius 1 is 1.48 bits per heavy atom. The van der Waals surface area contributed by atoms with Crippen LogP contribution in [0.5, 0.6) is 0 Å². The topological polar surface area (TPSA) is 79.4 Å². The fourth-order valence-corrected chi connectivity index (χ4v) is 4.90. The third-order valence-electron chi connectivity index (χ3n) is 4.68. The van der Waals surface area contributed by atoms with Crippen LogP contribution in [0, 0.1) is 5.41 Å². The number of hydrogen-bond acceptors (Lipinski definition) is 5. The van der Waals surface area contributed by atoms with Crippen molar-refractivity contribution in [1.82, 2.24) is 15.2 Å². The highest BCUT2D eigenvalue weighted by Gasteiger charge is 2.48. The van der Waals surface area contributed by atoms with Crippen molar-refractivity contribution in [3.63, 3.8) is 0 Å². The van der Waals surface area contributed by atoms with E-state index in [4.69, 9.17) is 0 Å². The van der Waals surface area contributed by atoms with Crippen molar-refractivity contribution in [1.29, 1.82) is 0 Å². The summed E-state index contributed by atoms with van der Waals surface area (Å²) >= 11 is 0. The van der Waals surface area contributed by atoms with Gasteiger partial charge in [-0.2, -0.15) is 0 Å². The molecule has 7 heteroatoms. The lowest BCUT2D eigenvalue weighted by Crippen LogP contribution is -2.49. The molecule has 6 nitrogen and oxygen atoms in total. The average Bonchev–Trinajstić information content (AvgIpc) is 3.25. The maximum Gasteiger partial charge on any atom is 0.223 e. The van der Waals surface area contributed by atoms with Gasteiger partial charge in [-0.25, -0.2) is 8.42 Å². The molecule has 1 unspecified atom stereocenters.